The van der Waals surface area contributed by atoms with Crippen LogP contribution in [0.5, 0.6) is 5.75 Å². The molecule has 0 bridgehead atoms. The standard InChI is InChI=1S/C15H16N6O/c1-22-13-6-2-11(3-7-13)10-20(12-4-5-12)15-9-8-14-16-18-19-21(14)17-15/h2-3,6-9,12H,4-5,10H2,1H3. The van der Waals surface area contributed by atoms with Crippen LogP contribution in [0.1, 0.15) is 18.4 Å². The van der Waals surface area contributed by atoms with Crippen LogP contribution in [0, 0.1) is 0 Å². The largest absolute Gasteiger partial charge is 0.497 e. The van der Waals surface area contributed by atoms with Crippen molar-refractivity contribution in [3.05, 3.63) is 42.0 Å². The van der Waals surface area contributed by atoms with E-state index in [-0.39, 0.29) is 0 Å². The normalized spacial score (nSPS) is 14.2. The van der Waals surface area contributed by atoms with Crippen LogP contribution >= 0.6 is 0 Å². The van der Waals surface area contributed by atoms with Gasteiger partial charge < -0.3 is 9.64 Å². The molecule has 3 aromatic rings. The summed E-state index contributed by atoms with van der Waals surface area (Å²) in [6.07, 6.45) is 2.40. The molecule has 0 amide bonds. The van der Waals surface area contributed by atoms with E-state index >= 15 is 0 Å². The van der Waals surface area contributed by atoms with Crippen molar-refractivity contribution in [1.82, 2.24) is 25.3 Å². The first-order chi connectivity index (χ1) is 10.8. The number of benzene rings is 1. The predicted octanol–water partition coefficient (Wildman–Crippen LogP) is 1.70. The summed E-state index contributed by atoms with van der Waals surface area (Å²) in [6, 6.07) is 12.6. The molecule has 0 unspecified atom stereocenters. The summed E-state index contributed by atoms with van der Waals surface area (Å²) in [7, 11) is 1.68. The molecule has 0 saturated heterocycles. The highest BCUT2D eigenvalue weighted by Crippen LogP contribution is 2.32. The van der Waals surface area contributed by atoms with Crippen molar-refractivity contribution in [2.75, 3.05) is 12.0 Å². The zero-order chi connectivity index (χ0) is 14.9. The van der Waals surface area contributed by atoms with Gasteiger partial charge in [-0.15, -0.1) is 14.8 Å². The molecule has 1 saturated carbocycles. The van der Waals surface area contributed by atoms with Gasteiger partial charge in [0.2, 0.25) is 0 Å². The number of hydrogen-bond donors (Lipinski definition) is 0. The third-order valence-electron chi connectivity index (χ3n) is 3.85. The summed E-state index contributed by atoms with van der Waals surface area (Å²) >= 11 is 0. The van der Waals surface area contributed by atoms with Crippen molar-refractivity contribution in [1.29, 1.82) is 0 Å². The zero-order valence-corrected chi connectivity index (χ0v) is 12.3. The van der Waals surface area contributed by atoms with Gasteiger partial charge in [-0.1, -0.05) is 12.1 Å². The number of tetrazole rings is 1. The lowest BCUT2D eigenvalue weighted by Crippen LogP contribution is -2.26. The highest BCUT2D eigenvalue weighted by molar-refractivity contribution is 5.47. The van der Waals surface area contributed by atoms with Gasteiger partial charge >= 0.3 is 0 Å². The lowest BCUT2D eigenvalue weighted by molar-refractivity contribution is 0.414. The Labute approximate surface area is 127 Å². The molecule has 2 heterocycles. The molecular formula is C15H16N6O. The molecular weight excluding hydrogens is 280 g/mol. The maximum atomic E-state index is 5.21. The second-order valence-electron chi connectivity index (χ2n) is 5.43. The number of fused-ring (bicyclic) bond motifs is 1. The molecule has 0 radical (unpaired) electrons. The lowest BCUT2D eigenvalue weighted by atomic mass is 10.2. The first kappa shape index (κ1) is 13.0. The van der Waals surface area contributed by atoms with Gasteiger partial charge in [0.15, 0.2) is 11.5 Å². The second kappa shape index (κ2) is 5.25. The second-order valence-corrected chi connectivity index (χ2v) is 5.43. The number of aromatic nitrogens is 5. The van der Waals surface area contributed by atoms with Crippen LogP contribution in [0.25, 0.3) is 5.65 Å². The van der Waals surface area contributed by atoms with Crippen molar-refractivity contribution >= 4 is 11.5 Å². The third kappa shape index (κ3) is 2.45. The minimum atomic E-state index is 0.545. The molecule has 1 fully saturated rings. The fourth-order valence-corrected chi connectivity index (χ4v) is 2.50. The van der Waals surface area contributed by atoms with Gasteiger partial charge in [0.1, 0.15) is 5.75 Å². The Morgan fingerprint density at radius 2 is 2.00 bits per heavy atom. The molecule has 4 rings (SSSR count). The van der Waals surface area contributed by atoms with E-state index in [1.165, 1.54) is 23.0 Å². The van der Waals surface area contributed by atoms with E-state index in [1.54, 1.807) is 7.11 Å². The number of anilines is 1. The van der Waals surface area contributed by atoms with Crippen LogP contribution in [0.3, 0.4) is 0 Å². The minimum Gasteiger partial charge on any atom is -0.497 e. The van der Waals surface area contributed by atoms with Gasteiger partial charge in [-0.2, -0.15) is 0 Å². The number of ether oxygens (including phenoxy) is 1. The fourth-order valence-electron chi connectivity index (χ4n) is 2.50. The van der Waals surface area contributed by atoms with Gasteiger partial charge in [-0.3, -0.25) is 0 Å². The van der Waals surface area contributed by atoms with Crippen LogP contribution in [-0.2, 0) is 6.54 Å². The smallest absolute Gasteiger partial charge is 0.200 e. The zero-order valence-electron chi connectivity index (χ0n) is 12.3. The summed E-state index contributed by atoms with van der Waals surface area (Å²) < 4.78 is 6.68. The van der Waals surface area contributed by atoms with E-state index < -0.39 is 0 Å². The molecule has 0 atom stereocenters. The maximum absolute atomic E-state index is 5.21. The summed E-state index contributed by atoms with van der Waals surface area (Å²) in [5, 5.41) is 15.9. The quantitative estimate of drug-likeness (QED) is 0.714. The molecule has 0 N–H and O–H groups in total. The first-order valence-corrected chi connectivity index (χ1v) is 7.28. The van der Waals surface area contributed by atoms with Crippen molar-refractivity contribution in [2.24, 2.45) is 0 Å². The topological polar surface area (TPSA) is 68.4 Å². The van der Waals surface area contributed by atoms with E-state index in [0.717, 1.165) is 18.1 Å². The van der Waals surface area contributed by atoms with Gasteiger partial charge in [-0.25, -0.2) is 0 Å². The summed E-state index contributed by atoms with van der Waals surface area (Å²) in [4.78, 5) is 2.31. The Balaban J connectivity index is 1.62. The molecule has 0 aliphatic heterocycles. The van der Waals surface area contributed by atoms with Crippen LogP contribution in [0.4, 0.5) is 5.82 Å². The first-order valence-electron chi connectivity index (χ1n) is 7.28. The molecule has 112 valence electrons. The molecule has 22 heavy (non-hydrogen) atoms. The van der Waals surface area contributed by atoms with E-state index in [9.17, 15) is 0 Å². The lowest BCUT2D eigenvalue weighted by Gasteiger charge is -2.23. The molecule has 0 spiro atoms. The predicted molar refractivity (Wildman–Crippen MR) is 80.8 cm³/mol. The highest BCUT2D eigenvalue weighted by Gasteiger charge is 2.30. The van der Waals surface area contributed by atoms with Gasteiger partial charge in [0.25, 0.3) is 0 Å². The summed E-state index contributed by atoms with van der Waals surface area (Å²) in [5.74, 6) is 1.77. The Hall–Kier alpha value is -2.70. The summed E-state index contributed by atoms with van der Waals surface area (Å²) in [6.45, 7) is 0.815. The van der Waals surface area contributed by atoms with Crippen LogP contribution < -0.4 is 9.64 Å². The number of rotatable bonds is 5. The Kier molecular flexibility index (Phi) is 3.10. The van der Waals surface area contributed by atoms with E-state index in [2.05, 4.69) is 37.7 Å². The number of nitrogens with zero attached hydrogens (tertiary/aromatic N) is 6. The van der Waals surface area contributed by atoms with Crippen molar-refractivity contribution < 1.29 is 4.74 Å². The average molecular weight is 296 g/mol. The van der Waals surface area contributed by atoms with E-state index in [0.29, 0.717) is 11.7 Å². The highest BCUT2D eigenvalue weighted by atomic mass is 16.5. The maximum Gasteiger partial charge on any atom is 0.200 e. The molecule has 7 heteroatoms. The van der Waals surface area contributed by atoms with Gasteiger partial charge in [-0.05, 0) is 53.1 Å². The third-order valence-corrected chi connectivity index (χ3v) is 3.85. The Morgan fingerprint density at radius 1 is 1.18 bits per heavy atom. The van der Waals surface area contributed by atoms with Crippen LogP contribution in [0.15, 0.2) is 36.4 Å². The van der Waals surface area contributed by atoms with E-state index in [4.69, 9.17) is 4.74 Å². The SMILES string of the molecule is COc1ccc(CN(c2ccc3nnnn3n2)C2CC2)cc1. The molecule has 1 aliphatic rings. The monoisotopic (exact) mass is 296 g/mol. The van der Waals surface area contributed by atoms with E-state index in [1.807, 2.05) is 24.3 Å². The molecule has 7 nitrogen and oxygen atoms in total. The van der Waals surface area contributed by atoms with Crippen molar-refractivity contribution in [3.63, 3.8) is 0 Å². The Bertz CT molecular complexity index is 780. The van der Waals surface area contributed by atoms with Crippen LogP contribution in [0.2, 0.25) is 0 Å². The molecule has 1 aromatic carbocycles. The minimum absolute atomic E-state index is 0.545. The molecule has 1 aliphatic carbocycles. The van der Waals surface area contributed by atoms with Crippen molar-refractivity contribution in [2.45, 2.75) is 25.4 Å². The average Bonchev–Trinajstić information content (AvgIpc) is 3.29. The Morgan fingerprint density at radius 3 is 2.73 bits per heavy atom. The van der Waals surface area contributed by atoms with Gasteiger partial charge in [0.05, 0.1) is 7.11 Å². The van der Waals surface area contributed by atoms with Crippen molar-refractivity contribution in [3.8, 4) is 5.75 Å². The van der Waals surface area contributed by atoms with Gasteiger partial charge in [0, 0.05) is 12.6 Å². The number of methoxy groups -OCH3 is 1. The summed E-state index contributed by atoms with van der Waals surface area (Å²) in [5.41, 5.74) is 1.88. The fraction of sp³-hybridized carbons (Fsp3) is 0.333. The molecule has 2 aromatic heterocycles. The van der Waals surface area contributed by atoms with Crippen LogP contribution in [-0.4, -0.2) is 38.4 Å². The number of hydrogen-bond acceptors (Lipinski definition) is 6.